The second-order valence-corrected chi connectivity index (χ2v) is 10.0. The minimum atomic E-state index is -3.60. The van der Waals surface area contributed by atoms with Gasteiger partial charge in [0.15, 0.2) is 5.82 Å². The summed E-state index contributed by atoms with van der Waals surface area (Å²) in [6, 6.07) is 11.9. The van der Waals surface area contributed by atoms with Crippen molar-refractivity contribution in [1.82, 2.24) is 19.9 Å². The first kappa shape index (κ1) is 22.9. The molecule has 1 amide bonds. The Morgan fingerprint density at radius 1 is 1.10 bits per heavy atom. The van der Waals surface area contributed by atoms with Gasteiger partial charge in [-0.15, -0.1) is 5.10 Å². The Morgan fingerprint density at radius 2 is 1.77 bits per heavy atom. The van der Waals surface area contributed by atoms with Crippen LogP contribution in [0.3, 0.4) is 0 Å². The van der Waals surface area contributed by atoms with Crippen molar-refractivity contribution in [1.29, 1.82) is 0 Å². The summed E-state index contributed by atoms with van der Waals surface area (Å²) in [6.07, 6.45) is 0. The number of thioether (sulfide) groups is 1. The number of sulfonamides is 1. The molecule has 0 radical (unpaired) electrons. The smallest absolute Gasteiger partial charge is 0.240 e. The average Bonchev–Trinajstić information content (AvgIpc) is 3.16. The number of aromatic amines is 1. The summed E-state index contributed by atoms with van der Waals surface area (Å²) < 4.78 is 40.7. The van der Waals surface area contributed by atoms with Gasteiger partial charge < -0.3 is 5.32 Å². The van der Waals surface area contributed by atoms with E-state index in [9.17, 15) is 17.6 Å². The lowest BCUT2D eigenvalue weighted by Gasteiger charge is -2.12. The molecular formula is C20H22FN5O3S2. The number of anilines is 1. The molecule has 2 aromatic carbocycles. The molecule has 0 spiro atoms. The van der Waals surface area contributed by atoms with Gasteiger partial charge in [0.2, 0.25) is 21.1 Å². The molecule has 1 aromatic heterocycles. The van der Waals surface area contributed by atoms with Gasteiger partial charge in [-0.2, -0.15) is 0 Å². The molecule has 0 fully saturated rings. The fourth-order valence-electron chi connectivity index (χ4n) is 2.62. The Morgan fingerprint density at radius 3 is 2.42 bits per heavy atom. The Kier molecular flexibility index (Phi) is 7.08. The molecule has 0 aliphatic rings. The van der Waals surface area contributed by atoms with Crippen molar-refractivity contribution in [3.63, 3.8) is 0 Å². The number of benzene rings is 2. The minimum Gasteiger partial charge on any atom is -0.325 e. The fourth-order valence-corrected chi connectivity index (χ4v) is 4.60. The number of carbonyl (C=O) groups excluding carboxylic acids is 1. The molecule has 0 saturated carbocycles. The van der Waals surface area contributed by atoms with E-state index < -0.39 is 21.1 Å². The summed E-state index contributed by atoms with van der Waals surface area (Å²) in [4.78, 5) is 16.8. The average molecular weight is 464 g/mol. The highest BCUT2D eigenvalue weighted by Gasteiger charge is 2.19. The maximum Gasteiger partial charge on any atom is 0.240 e. The second kappa shape index (κ2) is 9.58. The summed E-state index contributed by atoms with van der Waals surface area (Å²) in [7, 11) is -3.60. The number of rotatable bonds is 8. The van der Waals surface area contributed by atoms with Crippen LogP contribution in [0.1, 0.15) is 20.8 Å². The molecule has 8 nitrogen and oxygen atoms in total. The van der Waals surface area contributed by atoms with Gasteiger partial charge in [0.25, 0.3) is 0 Å². The molecule has 1 atom stereocenters. The van der Waals surface area contributed by atoms with Crippen LogP contribution in [0, 0.1) is 5.82 Å². The predicted octanol–water partition coefficient (Wildman–Crippen LogP) is 3.42. The number of H-pyrrole nitrogens is 1. The summed E-state index contributed by atoms with van der Waals surface area (Å²) in [5, 5.41) is 9.20. The molecule has 3 aromatic rings. The quantitative estimate of drug-likeness (QED) is 0.441. The summed E-state index contributed by atoms with van der Waals surface area (Å²) in [5.74, 6) is -0.451. The van der Waals surface area contributed by atoms with Crippen LogP contribution < -0.4 is 10.0 Å². The van der Waals surface area contributed by atoms with Gasteiger partial charge in [-0.1, -0.05) is 23.9 Å². The highest BCUT2D eigenvalue weighted by molar-refractivity contribution is 8.00. The van der Waals surface area contributed by atoms with Crippen LogP contribution in [0.5, 0.6) is 0 Å². The first-order valence-electron chi connectivity index (χ1n) is 9.43. The van der Waals surface area contributed by atoms with Crippen LogP contribution in [0.25, 0.3) is 11.4 Å². The van der Waals surface area contributed by atoms with Crippen molar-refractivity contribution in [2.75, 3.05) is 5.32 Å². The highest BCUT2D eigenvalue weighted by atomic mass is 32.2. The van der Waals surface area contributed by atoms with E-state index >= 15 is 0 Å². The number of halogens is 1. The van der Waals surface area contributed by atoms with E-state index in [4.69, 9.17) is 0 Å². The standard InChI is InChI=1S/C20H22FN5O3S2/c1-12(2)26-31(28,29)15-10-8-14(9-11-15)22-19(27)13(3)30-20-23-18(24-25-20)16-6-4-5-7-17(16)21/h4-13,26H,1-3H3,(H,22,27)(H,23,24,25)/t13-/m0/s1. The molecule has 0 unspecified atom stereocenters. The molecule has 1 heterocycles. The fraction of sp³-hybridized carbons (Fsp3) is 0.250. The molecular weight excluding hydrogens is 441 g/mol. The number of aromatic nitrogens is 3. The highest BCUT2D eigenvalue weighted by Crippen LogP contribution is 2.25. The monoisotopic (exact) mass is 463 g/mol. The third-order valence-corrected chi connectivity index (χ3v) is 6.70. The molecule has 3 rings (SSSR count). The van der Waals surface area contributed by atoms with E-state index in [2.05, 4.69) is 25.2 Å². The molecule has 0 aliphatic carbocycles. The van der Waals surface area contributed by atoms with Crippen LogP contribution in [0.15, 0.2) is 58.6 Å². The number of amides is 1. The first-order chi connectivity index (χ1) is 14.7. The topological polar surface area (TPSA) is 117 Å². The summed E-state index contributed by atoms with van der Waals surface area (Å²) in [5.41, 5.74) is 0.754. The predicted molar refractivity (Wildman–Crippen MR) is 118 cm³/mol. The molecule has 11 heteroatoms. The van der Waals surface area contributed by atoms with Crippen molar-refractivity contribution in [3.8, 4) is 11.4 Å². The van der Waals surface area contributed by atoms with Crippen LogP contribution in [0.2, 0.25) is 0 Å². The third kappa shape index (κ3) is 5.90. The number of nitrogens with one attached hydrogen (secondary N) is 3. The van der Waals surface area contributed by atoms with Crippen LogP contribution in [-0.4, -0.2) is 40.8 Å². The van der Waals surface area contributed by atoms with Crippen molar-refractivity contribution in [2.45, 2.75) is 42.1 Å². The Labute approximate surface area is 184 Å². The van der Waals surface area contributed by atoms with Gasteiger partial charge in [-0.05, 0) is 57.2 Å². The van der Waals surface area contributed by atoms with Gasteiger partial charge >= 0.3 is 0 Å². The van der Waals surface area contributed by atoms with Crippen molar-refractivity contribution in [2.24, 2.45) is 0 Å². The number of hydrogen-bond acceptors (Lipinski definition) is 6. The maximum absolute atomic E-state index is 13.9. The Balaban J connectivity index is 1.62. The molecule has 0 bridgehead atoms. The molecule has 0 saturated heterocycles. The van der Waals surface area contributed by atoms with Crippen molar-refractivity contribution < 1.29 is 17.6 Å². The zero-order valence-electron chi connectivity index (χ0n) is 17.1. The lowest BCUT2D eigenvalue weighted by molar-refractivity contribution is -0.115. The zero-order chi connectivity index (χ0) is 22.6. The van der Waals surface area contributed by atoms with Gasteiger partial charge in [-0.3, -0.25) is 9.89 Å². The number of carbonyl (C=O) groups is 1. The SMILES string of the molecule is CC(C)NS(=O)(=O)c1ccc(NC(=O)[C@H](C)Sc2n[nH]c(-c3ccccc3F)n2)cc1. The van der Waals surface area contributed by atoms with Crippen molar-refractivity contribution in [3.05, 3.63) is 54.3 Å². The van der Waals surface area contributed by atoms with E-state index in [1.165, 1.54) is 30.3 Å². The molecule has 0 aliphatic heterocycles. The number of nitrogens with zero attached hydrogens (tertiary/aromatic N) is 2. The Bertz CT molecular complexity index is 1160. The zero-order valence-corrected chi connectivity index (χ0v) is 18.7. The van der Waals surface area contributed by atoms with Crippen molar-refractivity contribution >= 4 is 33.4 Å². The minimum absolute atomic E-state index is 0.114. The first-order valence-corrected chi connectivity index (χ1v) is 11.8. The lowest BCUT2D eigenvalue weighted by atomic mass is 10.2. The van der Waals surface area contributed by atoms with E-state index in [-0.39, 0.29) is 22.7 Å². The van der Waals surface area contributed by atoms with E-state index in [1.807, 2.05) is 0 Å². The van der Waals surface area contributed by atoms with E-state index in [1.54, 1.807) is 39.0 Å². The summed E-state index contributed by atoms with van der Waals surface area (Å²) in [6.45, 7) is 5.15. The molecule has 164 valence electrons. The Hall–Kier alpha value is -2.76. The van der Waals surface area contributed by atoms with Gasteiger partial charge in [0, 0.05) is 11.7 Å². The number of hydrogen-bond donors (Lipinski definition) is 3. The lowest BCUT2D eigenvalue weighted by Crippen LogP contribution is -2.30. The van der Waals surface area contributed by atoms with Crippen LogP contribution in [-0.2, 0) is 14.8 Å². The third-order valence-electron chi connectivity index (χ3n) is 4.07. The molecule has 31 heavy (non-hydrogen) atoms. The van der Waals surface area contributed by atoms with Gasteiger partial charge in [0.1, 0.15) is 5.82 Å². The van der Waals surface area contributed by atoms with Gasteiger partial charge in [-0.25, -0.2) is 22.5 Å². The summed E-state index contributed by atoms with van der Waals surface area (Å²) >= 11 is 1.11. The van der Waals surface area contributed by atoms with Crippen LogP contribution >= 0.6 is 11.8 Å². The maximum atomic E-state index is 13.9. The van der Waals surface area contributed by atoms with Gasteiger partial charge in [0.05, 0.1) is 15.7 Å². The van der Waals surface area contributed by atoms with E-state index in [0.29, 0.717) is 16.4 Å². The van der Waals surface area contributed by atoms with Crippen LogP contribution in [0.4, 0.5) is 10.1 Å². The second-order valence-electron chi connectivity index (χ2n) is 7.00. The normalized spacial score (nSPS) is 12.7. The largest absolute Gasteiger partial charge is 0.325 e. The molecule has 3 N–H and O–H groups in total. The van der Waals surface area contributed by atoms with E-state index in [0.717, 1.165) is 11.8 Å².